The molecule has 5 N–H and O–H groups in total. The summed E-state index contributed by atoms with van der Waals surface area (Å²) in [6, 6.07) is 0.658. The molecular formula is C11H9F6N3O. The highest BCUT2D eigenvalue weighted by molar-refractivity contribution is 6.03. The number of amides is 1. The average molecular weight is 313 g/mol. The number of rotatable bonds is 2. The van der Waals surface area contributed by atoms with E-state index in [4.69, 9.17) is 11.5 Å². The lowest BCUT2D eigenvalue weighted by atomic mass is 10.1. The van der Waals surface area contributed by atoms with E-state index in [0.29, 0.717) is 18.3 Å². The fourth-order valence-electron chi connectivity index (χ4n) is 1.31. The predicted octanol–water partition coefficient (Wildman–Crippen LogP) is 2.42. The number of hydrogen-bond donors (Lipinski definition) is 3. The normalized spacial score (nSPS) is 13.1. The zero-order chi connectivity index (χ0) is 16.4. The third-order valence-electron chi connectivity index (χ3n) is 2.29. The first-order valence-electron chi connectivity index (χ1n) is 5.23. The van der Waals surface area contributed by atoms with Crippen LogP contribution in [0.2, 0.25) is 0 Å². The van der Waals surface area contributed by atoms with Crippen molar-refractivity contribution in [2.24, 2.45) is 11.5 Å². The summed E-state index contributed by atoms with van der Waals surface area (Å²) < 4.78 is 75.4. The van der Waals surface area contributed by atoms with Crippen LogP contribution in [0, 0.1) is 0 Å². The van der Waals surface area contributed by atoms with Crippen LogP contribution in [0.5, 0.6) is 0 Å². The maximum atomic E-state index is 12.6. The van der Waals surface area contributed by atoms with Gasteiger partial charge in [0.25, 0.3) is 5.91 Å². The number of alkyl halides is 6. The molecule has 10 heteroatoms. The molecule has 1 rings (SSSR count). The summed E-state index contributed by atoms with van der Waals surface area (Å²) in [6.07, 6.45) is -9.35. The molecule has 1 aromatic carbocycles. The largest absolute Gasteiger partial charge is 0.416 e. The highest BCUT2D eigenvalue weighted by atomic mass is 19.4. The van der Waals surface area contributed by atoms with Crippen LogP contribution in [0.1, 0.15) is 11.1 Å². The minimum Gasteiger partial charge on any atom is -0.403 e. The predicted molar refractivity (Wildman–Crippen MR) is 61.5 cm³/mol. The summed E-state index contributed by atoms with van der Waals surface area (Å²) in [4.78, 5) is 11.3. The second kappa shape index (κ2) is 5.54. The van der Waals surface area contributed by atoms with Crippen molar-refractivity contribution >= 4 is 11.6 Å². The Morgan fingerprint density at radius 1 is 1.00 bits per heavy atom. The van der Waals surface area contributed by atoms with Gasteiger partial charge in [-0.2, -0.15) is 26.3 Å². The summed E-state index contributed by atoms with van der Waals surface area (Å²) in [5, 5.41) is 1.81. The fourth-order valence-corrected chi connectivity index (χ4v) is 1.31. The molecule has 0 aliphatic rings. The van der Waals surface area contributed by atoms with Crippen LogP contribution in [0.4, 0.5) is 32.0 Å². The molecule has 1 aromatic rings. The van der Waals surface area contributed by atoms with Crippen LogP contribution in [-0.4, -0.2) is 5.91 Å². The van der Waals surface area contributed by atoms with E-state index >= 15 is 0 Å². The van der Waals surface area contributed by atoms with Crippen LogP contribution < -0.4 is 16.8 Å². The maximum Gasteiger partial charge on any atom is 0.416 e. The van der Waals surface area contributed by atoms with Gasteiger partial charge < -0.3 is 16.8 Å². The van der Waals surface area contributed by atoms with Gasteiger partial charge in [-0.05, 0) is 18.2 Å². The monoisotopic (exact) mass is 313 g/mol. The summed E-state index contributed by atoms with van der Waals surface area (Å²) >= 11 is 0. The van der Waals surface area contributed by atoms with Crippen molar-refractivity contribution in [3.63, 3.8) is 0 Å². The molecule has 0 radical (unpaired) electrons. The smallest absolute Gasteiger partial charge is 0.403 e. The molecule has 0 aliphatic heterocycles. The van der Waals surface area contributed by atoms with E-state index < -0.39 is 40.8 Å². The Balaban J connectivity index is 3.30. The Bertz CT molecular complexity index is 544. The van der Waals surface area contributed by atoms with Crippen molar-refractivity contribution in [2.45, 2.75) is 12.4 Å². The van der Waals surface area contributed by atoms with Crippen LogP contribution in [0.3, 0.4) is 0 Å². The van der Waals surface area contributed by atoms with Gasteiger partial charge in [-0.25, -0.2) is 0 Å². The van der Waals surface area contributed by atoms with Crippen molar-refractivity contribution in [3.8, 4) is 0 Å². The van der Waals surface area contributed by atoms with Crippen LogP contribution in [-0.2, 0) is 17.1 Å². The van der Waals surface area contributed by atoms with Crippen molar-refractivity contribution in [1.82, 2.24) is 0 Å². The highest BCUT2D eigenvalue weighted by Gasteiger charge is 2.37. The van der Waals surface area contributed by atoms with Crippen molar-refractivity contribution in [2.75, 3.05) is 5.32 Å². The Morgan fingerprint density at radius 2 is 1.43 bits per heavy atom. The quantitative estimate of drug-likeness (QED) is 0.579. The molecule has 0 saturated carbocycles. The van der Waals surface area contributed by atoms with Crippen LogP contribution >= 0.6 is 0 Å². The highest BCUT2D eigenvalue weighted by Crippen LogP contribution is 2.37. The number of hydrogen-bond acceptors (Lipinski definition) is 3. The first-order valence-corrected chi connectivity index (χ1v) is 5.23. The van der Waals surface area contributed by atoms with E-state index in [1.54, 1.807) is 5.32 Å². The Morgan fingerprint density at radius 3 is 1.76 bits per heavy atom. The zero-order valence-electron chi connectivity index (χ0n) is 10.1. The molecule has 21 heavy (non-hydrogen) atoms. The van der Waals surface area contributed by atoms with E-state index in [1.807, 2.05) is 0 Å². The first-order chi connectivity index (χ1) is 9.45. The summed E-state index contributed by atoms with van der Waals surface area (Å²) in [7, 11) is 0. The number of nitrogens with two attached hydrogens (primary N) is 2. The van der Waals surface area contributed by atoms with Crippen molar-refractivity contribution in [3.05, 3.63) is 41.2 Å². The van der Waals surface area contributed by atoms with Crippen LogP contribution in [0.15, 0.2) is 30.1 Å². The third kappa shape index (κ3) is 4.29. The summed E-state index contributed by atoms with van der Waals surface area (Å²) in [6.45, 7) is 0. The van der Waals surface area contributed by atoms with Gasteiger partial charge in [-0.1, -0.05) is 0 Å². The van der Waals surface area contributed by atoms with Gasteiger partial charge in [-0.15, -0.1) is 0 Å². The first kappa shape index (κ1) is 16.7. The molecule has 0 saturated heterocycles. The molecule has 0 aromatic heterocycles. The van der Waals surface area contributed by atoms with E-state index in [1.165, 1.54) is 0 Å². The number of anilines is 1. The SMILES string of the molecule is N/C=C(/N)C(=O)Nc1cc(C(F)(F)F)cc(C(F)(F)F)c1. The van der Waals surface area contributed by atoms with E-state index in [2.05, 4.69) is 0 Å². The molecule has 4 nitrogen and oxygen atoms in total. The zero-order valence-corrected chi connectivity index (χ0v) is 10.1. The minimum absolute atomic E-state index is 0.0578. The Hall–Kier alpha value is -2.39. The van der Waals surface area contributed by atoms with Gasteiger partial charge in [0.05, 0.1) is 11.1 Å². The number of benzene rings is 1. The molecule has 0 aliphatic carbocycles. The van der Waals surface area contributed by atoms with Crippen molar-refractivity contribution in [1.29, 1.82) is 0 Å². The molecule has 116 valence electrons. The third-order valence-corrected chi connectivity index (χ3v) is 2.29. The Kier molecular flexibility index (Phi) is 4.40. The number of halogens is 6. The second-order valence-electron chi connectivity index (χ2n) is 3.87. The summed E-state index contributed by atoms with van der Waals surface area (Å²) in [5.74, 6) is -1.12. The van der Waals surface area contributed by atoms with E-state index in [-0.39, 0.29) is 6.07 Å². The van der Waals surface area contributed by atoms with Gasteiger partial charge >= 0.3 is 12.4 Å². The van der Waals surface area contributed by atoms with Gasteiger partial charge in [0.1, 0.15) is 5.70 Å². The van der Waals surface area contributed by atoms with Crippen molar-refractivity contribution < 1.29 is 31.1 Å². The molecule has 0 fully saturated rings. The fraction of sp³-hybridized carbons (Fsp3) is 0.182. The average Bonchev–Trinajstić information content (AvgIpc) is 2.35. The molecule has 0 bridgehead atoms. The molecular weight excluding hydrogens is 304 g/mol. The molecule has 1 amide bonds. The lowest BCUT2D eigenvalue weighted by molar-refractivity contribution is -0.143. The standard InChI is InChI=1S/C11H9F6N3O/c12-10(13,14)5-1-6(11(15,16)17)3-7(2-5)20-9(21)8(19)4-18/h1-4H,18-19H2,(H,20,21)/b8-4+. The lowest BCUT2D eigenvalue weighted by Gasteiger charge is -2.14. The molecule has 0 atom stereocenters. The van der Waals surface area contributed by atoms with Gasteiger partial charge in [-0.3, -0.25) is 4.79 Å². The van der Waals surface area contributed by atoms with Gasteiger partial charge in [0.2, 0.25) is 0 Å². The molecule has 0 spiro atoms. The minimum atomic E-state index is -5.00. The topological polar surface area (TPSA) is 81.1 Å². The maximum absolute atomic E-state index is 12.6. The van der Waals surface area contributed by atoms with Gasteiger partial charge in [0.15, 0.2) is 0 Å². The van der Waals surface area contributed by atoms with E-state index in [0.717, 1.165) is 0 Å². The number of nitrogens with one attached hydrogen (secondary N) is 1. The number of carbonyl (C=O) groups is 1. The van der Waals surface area contributed by atoms with E-state index in [9.17, 15) is 31.1 Å². The Labute approximate surface area is 114 Å². The lowest BCUT2D eigenvalue weighted by Crippen LogP contribution is -2.22. The molecule has 0 heterocycles. The molecule has 0 unspecified atom stereocenters. The number of carbonyl (C=O) groups excluding carboxylic acids is 1. The van der Waals surface area contributed by atoms with Crippen LogP contribution in [0.25, 0.3) is 0 Å². The van der Waals surface area contributed by atoms with Gasteiger partial charge in [0, 0.05) is 11.9 Å². The summed E-state index contributed by atoms with van der Waals surface area (Å²) in [5.41, 5.74) is 5.65. The second-order valence-corrected chi connectivity index (χ2v) is 3.87.